The summed E-state index contributed by atoms with van der Waals surface area (Å²) in [5.41, 5.74) is 4.74. The topological polar surface area (TPSA) is 61.6 Å². The van der Waals surface area contributed by atoms with Crippen LogP contribution in [0.15, 0.2) is 0 Å². The van der Waals surface area contributed by atoms with Crippen LogP contribution in [0, 0.1) is 0 Å². The molecule has 1 amide bonds. The molecule has 8 heteroatoms. The third kappa shape index (κ3) is 4.67. The molecule has 0 spiro atoms. The number of rotatable bonds is 4. The predicted octanol–water partition coefficient (Wildman–Crippen LogP) is 1.33. The highest BCUT2D eigenvalue weighted by Crippen LogP contribution is 2.41. The lowest BCUT2D eigenvalue weighted by Gasteiger charge is -2.40. The number of primary amides is 1. The van der Waals surface area contributed by atoms with Crippen molar-refractivity contribution in [2.24, 2.45) is 5.73 Å². The zero-order valence-electron chi connectivity index (χ0n) is 7.67. The molecule has 0 aromatic carbocycles. The van der Waals surface area contributed by atoms with E-state index in [1.165, 1.54) is 0 Å². The summed E-state index contributed by atoms with van der Waals surface area (Å²) in [6.07, 6.45) is -3.92. The van der Waals surface area contributed by atoms with Gasteiger partial charge in [0.25, 0.3) is 0 Å². The normalized spacial score (nSPS) is 18.9. The predicted molar refractivity (Wildman–Crippen MR) is 46.1 cm³/mol. The first-order chi connectivity index (χ1) is 6.33. The van der Waals surface area contributed by atoms with Gasteiger partial charge in [-0.05, 0) is 6.42 Å². The molecule has 0 unspecified atom stereocenters. The van der Waals surface area contributed by atoms with Gasteiger partial charge in [-0.15, -0.1) is 25.6 Å². The van der Waals surface area contributed by atoms with Crippen molar-refractivity contribution in [2.75, 3.05) is 6.61 Å². The molecule has 0 saturated heterocycles. The Morgan fingerprint density at radius 1 is 1.40 bits per heavy atom. The van der Waals surface area contributed by atoms with E-state index < -0.39 is 24.7 Å². The minimum atomic E-state index is -4.75. The number of amides is 1. The van der Waals surface area contributed by atoms with Crippen LogP contribution in [-0.4, -0.2) is 24.7 Å². The Kier molecular flexibility index (Phi) is 4.82. The molecule has 4 nitrogen and oxygen atoms in total. The van der Waals surface area contributed by atoms with Crippen molar-refractivity contribution in [3.63, 3.8) is 0 Å². The van der Waals surface area contributed by atoms with Crippen LogP contribution < -0.4 is 5.73 Å². The second-order valence-corrected chi connectivity index (χ2v) is 3.07. The zero-order chi connectivity index (χ0) is 10.8. The van der Waals surface area contributed by atoms with E-state index in [2.05, 4.69) is 9.47 Å². The van der Waals surface area contributed by atoms with Gasteiger partial charge in [-0.2, -0.15) is 0 Å². The Morgan fingerprint density at radius 3 is 2.20 bits per heavy atom. The van der Waals surface area contributed by atoms with Gasteiger partial charge in [-0.1, -0.05) is 0 Å². The Balaban J connectivity index is 0.00000196. The minimum Gasteiger partial charge on any atom is -0.368 e. The van der Waals surface area contributed by atoms with Crippen LogP contribution in [0.3, 0.4) is 0 Å². The van der Waals surface area contributed by atoms with Crippen molar-refractivity contribution < 1.29 is 27.4 Å². The molecule has 2 N–H and O–H groups in total. The van der Waals surface area contributed by atoms with E-state index in [0.717, 1.165) is 0 Å². The van der Waals surface area contributed by atoms with E-state index in [9.17, 15) is 18.0 Å². The fraction of sp³-hybridized carbons (Fsp3) is 0.857. The van der Waals surface area contributed by atoms with Gasteiger partial charge in [0.1, 0.15) is 6.61 Å². The molecular formula is C7H11ClF3NO3. The van der Waals surface area contributed by atoms with Gasteiger partial charge in [0.15, 0.2) is 5.79 Å². The molecule has 0 aromatic rings. The standard InChI is InChI=1S/C7H10F3NO3.ClH/c8-7(9,10)14-6(2-1-3-6)13-4-5(11)12;/h1-4H2,(H2,11,12);1H. The lowest BCUT2D eigenvalue weighted by atomic mass is 9.91. The number of hydrogen-bond acceptors (Lipinski definition) is 3. The molecule has 1 aliphatic carbocycles. The van der Waals surface area contributed by atoms with Crippen molar-refractivity contribution >= 4 is 18.3 Å². The summed E-state index contributed by atoms with van der Waals surface area (Å²) in [5.74, 6) is -2.50. The molecule has 15 heavy (non-hydrogen) atoms. The summed E-state index contributed by atoms with van der Waals surface area (Å²) in [6.45, 7) is -0.559. The van der Waals surface area contributed by atoms with Crippen molar-refractivity contribution in [1.82, 2.24) is 0 Å². The van der Waals surface area contributed by atoms with E-state index in [-0.39, 0.29) is 25.2 Å². The SMILES string of the molecule is Cl.NC(=O)COC1(OC(F)(F)F)CCC1. The van der Waals surface area contributed by atoms with Crippen LogP contribution in [0.4, 0.5) is 13.2 Å². The monoisotopic (exact) mass is 249 g/mol. The van der Waals surface area contributed by atoms with E-state index >= 15 is 0 Å². The quantitative estimate of drug-likeness (QED) is 0.765. The Bertz CT molecular complexity index is 230. The first kappa shape index (κ1) is 14.5. The zero-order valence-corrected chi connectivity index (χ0v) is 8.49. The van der Waals surface area contributed by atoms with Crippen LogP contribution in [0.2, 0.25) is 0 Å². The number of halogens is 4. The number of hydrogen-bond donors (Lipinski definition) is 1. The molecule has 0 aliphatic heterocycles. The Morgan fingerprint density at radius 2 is 1.93 bits per heavy atom. The van der Waals surface area contributed by atoms with E-state index in [1.807, 2.05) is 0 Å². The van der Waals surface area contributed by atoms with E-state index in [0.29, 0.717) is 6.42 Å². The molecule has 1 saturated carbocycles. The van der Waals surface area contributed by atoms with Gasteiger partial charge in [-0.25, -0.2) is 0 Å². The summed E-state index contributed by atoms with van der Waals surface area (Å²) in [7, 11) is 0. The maximum atomic E-state index is 11.9. The molecule has 1 fully saturated rings. The van der Waals surface area contributed by atoms with Crippen LogP contribution in [0.5, 0.6) is 0 Å². The smallest absolute Gasteiger partial charge is 0.368 e. The molecule has 1 rings (SSSR count). The number of alkyl halides is 3. The largest absolute Gasteiger partial charge is 0.524 e. The van der Waals surface area contributed by atoms with Crippen molar-refractivity contribution in [1.29, 1.82) is 0 Å². The first-order valence-electron chi connectivity index (χ1n) is 4.02. The Labute approximate surface area is 90.3 Å². The molecule has 0 bridgehead atoms. The number of nitrogens with two attached hydrogens (primary N) is 1. The molecule has 90 valence electrons. The Hall–Kier alpha value is -0.530. The molecular weight excluding hydrogens is 239 g/mol. The average molecular weight is 250 g/mol. The highest BCUT2D eigenvalue weighted by Gasteiger charge is 2.48. The van der Waals surface area contributed by atoms with Crippen LogP contribution in [0.25, 0.3) is 0 Å². The number of ether oxygens (including phenoxy) is 2. The fourth-order valence-corrected chi connectivity index (χ4v) is 1.15. The van der Waals surface area contributed by atoms with Gasteiger partial charge < -0.3 is 10.5 Å². The minimum absolute atomic E-state index is 0. The highest BCUT2D eigenvalue weighted by molar-refractivity contribution is 5.85. The van der Waals surface area contributed by atoms with Gasteiger partial charge in [0.05, 0.1) is 0 Å². The molecule has 0 heterocycles. The molecule has 0 aromatic heterocycles. The molecule has 0 radical (unpaired) electrons. The fourth-order valence-electron chi connectivity index (χ4n) is 1.15. The van der Waals surface area contributed by atoms with Gasteiger partial charge in [0, 0.05) is 12.8 Å². The van der Waals surface area contributed by atoms with Gasteiger partial charge >= 0.3 is 6.36 Å². The summed E-state index contributed by atoms with van der Waals surface area (Å²) >= 11 is 0. The van der Waals surface area contributed by atoms with E-state index in [4.69, 9.17) is 5.73 Å². The lowest BCUT2D eigenvalue weighted by Crippen LogP contribution is -2.48. The van der Waals surface area contributed by atoms with Crippen LogP contribution in [-0.2, 0) is 14.3 Å². The second kappa shape index (κ2) is 5.00. The molecule has 1 aliphatic rings. The van der Waals surface area contributed by atoms with Gasteiger partial charge in [0.2, 0.25) is 5.91 Å². The lowest BCUT2D eigenvalue weighted by molar-refractivity contribution is -0.432. The van der Waals surface area contributed by atoms with Crippen LogP contribution >= 0.6 is 12.4 Å². The summed E-state index contributed by atoms with van der Waals surface area (Å²) in [4.78, 5) is 10.3. The highest BCUT2D eigenvalue weighted by atomic mass is 35.5. The number of carbonyl (C=O) groups excluding carboxylic acids is 1. The first-order valence-corrected chi connectivity index (χ1v) is 4.02. The second-order valence-electron chi connectivity index (χ2n) is 3.07. The summed E-state index contributed by atoms with van der Waals surface area (Å²) < 4.78 is 44.1. The molecule has 0 atom stereocenters. The maximum absolute atomic E-state index is 11.9. The summed E-state index contributed by atoms with van der Waals surface area (Å²) in [6, 6.07) is 0. The van der Waals surface area contributed by atoms with Crippen molar-refractivity contribution in [3.8, 4) is 0 Å². The van der Waals surface area contributed by atoms with Crippen molar-refractivity contribution in [3.05, 3.63) is 0 Å². The third-order valence-electron chi connectivity index (χ3n) is 1.89. The van der Waals surface area contributed by atoms with Crippen LogP contribution in [0.1, 0.15) is 19.3 Å². The van der Waals surface area contributed by atoms with E-state index in [1.54, 1.807) is 0 Å². The third-order valence-corrected chi connectivity index (χ3v) is 1.89. The van der Waals surface area contributed by atoms with Crippen molar-refractivity contribution in [2.45, 2.75) is 31.4 Å². The number of carbonyl (C=O) groups is 1. The average Bonchev–Trinajstić information content (AvgIpc) is 1.92. The summed E-state index contributed by atoms with van der Waals surface area (Å²) in [5, 5.41) is 0. The maximum Gasteiger partial charge on any atom is 0.524 e. The van der Waals surface area contributed by atoms with Gasteiger partial charge in [-0.3, -0.25) is 9.53 Å².